The third kappa shape index (κ3) is 4.18. The highest BCUT2D eigenvalue weighted by atomic mass is 35.5. The number of fused-ring (bicyclic) bond motifs is 1. The smallest absolute Gasteiger partial charge is 0.254 e. The van der Waals surface area contributed by atoms with Gasteiger partial charge in [0.2, 0.25) is 0 Å². The van der Waals surface area contributed by atoms with Crippen LogP contribution in [0.1, 0.15) is 51.9 Å². The van der Waals surface area contributed by atoms with E-state index < -0.39 is 0 Å². The van der Waals surface area contributed by atoms with Crippen LogP contribution in [0, 0.1) is 6.92 Å². The van der Waals surface area contributed by atoms with E-state index in [4.69, 9.17) is 10.7 Å². The molecule has 1 amide bonds. The molecule has 1 aliphatic heterocycles. The molecule has 3 aromatic rings. The average Bonchev–Trinajstić information content (AvgIpc) is 3.49. The van der Waals surface area contributed by atoms with E-state index in [0.717, 1.165) is 27.7 Å². The second-order valence-electron chi connectivity index (χ2n) is 8.28. The lowest BCUT2D eigenvalue weighted by Crippen LogP contribution is -2.32. The van der Waals surface area contributed by atoms with Gasteiger partial charge in [-0.2, -0.15) is 0 Å². The van der Waals surface area contributed by atoms with E-state index in [0.29, 0.717) is 19.0 Å². The van der Waals surface area contributed by atoms with Gasteiger partial charge in [-0.15, -0.1) is 24.8 Å². The lowest BCUT2D eigenvalue weighted by molar-refractivity contribution is 0.0791. The highest BCUT2D eigenvalue weighted by molar-refractivity contribution is 6.06. The Morgan fingerprint density at radius 3 is 2.47 bits per heavy atom. The number of carbonyl (C=O) groups is 1. The molecule has 0 bridgehead atoms. The maximum atomic E-state index is 13.5. The van der Waals surface area contributed by atoms with Crippen molar-refractivity contribution in [2.24, 2.45) is 5.73 Å². The zero-order valence-corrected chi connectivity index (χ0v) is 18.6. The Balaban J connectivity index is 0.00000128. The summed E-state index contributed by atoms with van der Waals surface area (Å²) in [6, 6.07) is 18.5. The van der Waals surface area contributed by atoms with Crippen molar-refractivity contribution < 1.29 is 4.79 Å². The van der Waals surface area contributed by atoms with Gasteiger partial charge in [0.1, 0.15) is 0 Å². The van der Waals surface area contributed by atoms with E-state index in [1.54, 1.807) is 0 Å². The van der Waals surface area contributed by atoms with Crippen molar-refractivity contribution in [3.8, 4) is 0 Å². The first-order valence-electron chi connectivity index (χ1n) is 10.1. The molecular weight excluding hydrogens is 417 g/mol. The zero-order valence-electron chi connectivity index (χ0n) is 17.0. The molecule has 2 aliphatic rings. The van der Waals surface area contributed by atoms with E-state index >= 15 is 0 Å². The van der Waals surface area contributed by atoms with Gasteiger partial charge in [0.25, 0.3) is 5.91 Å². The van der Waals surface area contributed by atoms with Crippen molar-refractivity contribution in [2.75, 3.05) is 13.1 Å². The summed E-state index contributed by atoms with van der Waals surface area (Å²) in [4.78, 5) is 20.3. The normalized spacial score (nSPS) is 20.5. The van der Waals surface area contributed by atoms with Crippen molar-refractivity contribution in [3.63, 3.8) is 0 Å². The minimum Gasteiger partial charge on any atom is -0.336 e. The van der Waals surface area contributed by atoms with Crippen LogP contribution in [0.5, 0.6) is 0 Å². The number of benzene rings is 2. The van der Waals surface area contributed by atoms with Crippen molar-refractivity contribution in [1.82, 2.24) is 9.88 Å². The first-order chi connectivity index (χ1) is 13.6. The van der Waals surface area contributed by atoms with Crippen molar-refractivity contribution in [1.29, 1.82) is 0 Å². The lowest BCUT2D eigenvalue weighted by atomic mass is 9.95. The Bertz CT molecular complexity index is 1050. The molecule has 0 unspecified atom stereocenters. The third-order valence-electron chi connectivity index (χ3n) is 6.09. The fourth-order valence-electron chi connectivity index (χ4n) is 4.34. The molecule has 158 valence electrons. The Hall–Kier alpha value is -2.14. The molecule has 6 heteroatoms. The van der Waals surface area contributed by atoms with Crippen LogP contribution in [-0.4, -0.2) is 34.9 Å². The topological polar surface area (TPSA) is 59.2 Å². The largest absolute Gasteiger partial charge is 0.336 e. The maximum absolute atomic E-state index is 13.5. The highest BCUT2D eigenvalue weighted by Crippen LogP contribution is 2.40. The van der Waals surface area contributed by atoms with Crippen LogP contribution < -0.4 is 5.73 Å². The molecular formula is C24H27Cl2N3O. The first-order valence-corrected chi connectivity index (χ1v) is 10.1. The Morgan fingerprint density at radius 1 is 1.03 bits per heavy atom. The molecule has 1 saturated carbocycles. The van der Waals surface area contributed by atoms with Gasteiger partial charge in [-0.1, -0.05) is 42.0 Å². The van der Waals surface area contributed by atoms with E-state index in [-0.39, 0.29) is 42.7 Å². The number of hydrogen-bond donors (Lipinski definition) is 1. The fraction of sp³-hybridized carbons (Fsp3) is 0.333. The van der Waals surface area contributed by atoms with Crippen LogP contribution in [0.25, 0.3) is 10.9 Å². The molecule has 4 nitrogen and oxygen atoms in total. The maximum Gasteiger partial charge on any atom is 0.254 e. The SMILES string of the molecule is Cc1ccc2nc(C3CC3)cc(C(=O)N3C[C@@H](N)[C@H](c4ccccc4)C3)c2c1.Cl.Cl. The lowest BCUT2D eigenvalue weighted by Gasteiger charge is -2.18. The molecule has 1 aromatic heterocycles. The number of nitrogens with zero attached hydrogens (tertiary/aromatic N) is 2. The van der Waals surface area contributed by atoms with Gasteiger partial charge < -0.3 is 10.6 Å². The summed E-state index contributed by atoms with van der Waals surface area (Å²) in [5.41, 5.74) is 11.5. The molecule has 0 spiro atoms. The second-order valence-corrected chi connectivity index (χ2v) is 8.28. The molecule has 2 N–H and O–H groups in total. The van der Waals surface area contributed by atoms with Crippen LogP contribution in [-0.2, 0) is 0 Å². The van der Waals surface area contributed by atoms with Gasteiger partial charge in [0.05, 0.1) is 11.1 Å². The third-order valence-corrected chi connectivity index (χ3v) is 6.09. The van der Waals surface area contributed by atoms with Gasteiger partial charge >= 0.3 is 0 Å². The van der Waals surface area contributed by atoms with Gasteiger partial charge in [-0.05, 0) is 43.5 Å². The van der Waals surface area contributed by atoms with Crippen molar-refractivity contribution >= 4 is 41.6 Å². The van der Waals surface area contributed by atoms with Crippen LogP contribution >= 0.6 is 24.8 Å². The molecule has 1 saturated heterocycles. The number of carbonyl (C=O) groups excluding carboxylic acids is 1. The zero-order chi connectivity index (χ0) is 19.3. The summed E-state index contributed by atoms with van der Waals surface area (Å²) in [5, 5.41) is 0.950. The summed E-state index contributed by atoms with van der Waals surface area (Å²) in [6.07, 6.45) is 2.34. The minimum atomic E-state index is -0.0379. The number of halogens is 2. The van der Waals surface area contributed by atoms with Crippen LogP contribution in [0.3, 0.4) is 0 Å². The monoisotopic (exact) mass is 443 g/mol. The van der Waals surface area contributed by atoms with Gasteiger partial charge in [0.15, 0.2) is 0 Å². The predicted molar refractivity (Wildman–Crippen MR) is 126 cm³/mol. The van der Waals surface area contributed by atoms with Crippen LogP contribution in [0.4, 0.5) is 0 Å². The van der Waals surface area contributed by atoms with Gasteiger partial charge in [-0.25, -0.2) is 0 Å². The number of aromatic nitrogens is 1. The summed E-state index contributed by atoms with van der Waals surface area (Å²) in [5.74, 6) is 0.770. The molecule has 2 heterocycles. The molecule has 2 atom stereocenters. The first kappa shape index (κ1) is 22.5. The van der Waals surface area contributed by atoms with Crippen molar-refractivity contribution in [2.45, 2.75) is 37.6 Å². The van der Waals surface area contributed by atoms with Gasteiger partial charge in [-0.3, -0.25) is 9.78 Å². The number of aryl methyl sites for hydroxylation is 1. The van der Waals surface area contributed by atoms with Crippen LogP contribution in [0.15, 0.2) is 54.6 Å². The Labute approximate surface area is 189 Å². The Kier molecular flexibility index (Phi) is 6.71. The van der Waals surface area contributed by atoms with E-state index in [9.17, 15) is 4.79 Å². The number of rotatable bonds is 3. The number of amides is 1. The molecule has 0 radical (unpaired) electrons. The standard InChI is InChI=1S/C24H25N3O.2ClH/c1-15-7-10-22-18(11-15)19(12-23(26-22)17-8-9-17)24(28)27-13-20(21(25)14-27)16-5-3-2-4-6-16;;/h2-7,10-12,17,20-21H,8-9,13-14,25H2,1H3;2*1H/t20-,21+;;/m0../s1. The van der Waals surface area contributed by atoms with E-state index in [1.807, 2.05) is 35.2 Å². The highest BCUT2D eigenvalue weighted by Gasteiger charge is 2.35. The molecule has 2 aromatic carbocycles. The number of likely N-dealkylation sites (tertiary alicyclic amines) is 1. The van der Waals surface area contributed by atoms with E-state index in [2.05, 4.69) is 31.2 Å². The van der Waals surface area contributed by atoms with Crippen LogP contribution in [0.2, 0.25) is 0 Å². The molecule has 2 fully saturated rings. The number of nitrogens with two attached hydrogens (primary N) is 1. The summed E-state index contributed by atoms with van der Waals surface area (Å²) < 4.78 is 0. The fourth-order valence-corrected chi connectivity index (χ4v) is 4.34. The van der Waals surface area contributed by atoms with E-state index in [1.165, 1.54) is 18.4 Å². The summed E-state index contributed by atoms with van der Waals surface area (Å²) in [6.45, 7) is 3.31. The second kappa shape index (κ2) is 8.93. The summed E-state index contributed by atoms with van der Waals surface area (Å²) >= 11 is 0. The number of hydrogen-bond acceptors (Lipinski definition) is 3. The molecule has 5 rings (SSSR count). The quantitative estimate of drug-likeness (QED) is 0.630. The van der Waals surface area contributed by atoms with Gasteiger partial charge in [0, 0.05) is 42.0 Å². The average molecular weight is 444 g/mol. The minimum absolute atomic E-state index is 0. The predicted octanol–water partition coefficient (Wildman–Crippen LogP) is 4.83. The Morgan fingerprint density at radius 2 is 1.77 bits per heavy atom. The number of pyridine rings is 1. The molecule has 1 aliphatic carbocycles. The summed E-state index contributed by atoms with van der Waals surface area (Å²) in [7, 11) is 0. The van der Waals surface area contributed by atoms with Crippen molar-refractivity contribution in [3.05, 3.63) is 77.0 Å². The molecule has 30 heavy (non-hydrogen) atoms.